The van der Waals surface area contributed by atoms with Crippen LogP contribution in [0.3, 0.4) is 0 Å². The van der Waals surface area contributed by atoms with Crippen LogP contribution in [0, 0.1) is 16.2 Å². The van der Waals surface area contributed by atoms with E-state index in [2.05, 4.69) is 42.8 Å². The maximum Gasteiger partial charge on any atom is 0.167 e. The molecule has 3 nitrogen and oxygen atoms in total. The van der Waals surface area contributed by atoms with Gasteiger partial charge < -0.3 is 9.47 Å². The van der Waals surface area contributed by atoms with E-state index in [9.17, 15) is 4.79 Å². The third-order valence-electron chi connectivity index (χ3n) is 7.68. The van der Waals surface area contributed by atoms with Crippen LogP contribution in [0.2, 0.25) is 0 Å². The zero-order chi connectivity index (χ0) is 18.9. The molecule has 0 N–H and O–H groups in total. The number of ether oxygens (including phenoxy) is 2. The number of methoxy groups -OCH3 is 2. The molecular weight excluding hydrogens is 392 g/mol. The topological polar surface area (TPSA) is 35.5 Å². The molecule has 0 aliphatic heterocycles. The summed E-state index contributed by atoms with van der Waals surface area (Å²) in [6.07, 6.45) is 6.66. The molecule has 4 rings (SSSR count). The van der Waals surface area contributed by atoms with Crippen molar-refractivity contribution in [2.75, 3.05) is 14.2 Å². The first kappa shape index (κ1) is 18.1. The van der Waals surface area contributed by atoms with E-state index < -0.39 is 0 Å². The van der Waals surface area contributed by atoms with Crippen LogP contribution in [0.4, 0.5) is 0 Å². The Labute approximate surface area is 164 Å². The van der Waals surface area contributed by atoms with Gasteiger partial charge in [0.05, 0.1) is 20.1 Å². The second kappa shape index (κ2) is 5.60. The van der Waals surface area contributed by atoms with Gasteiger partial charge in [-0.25, -0.2) is 0 Å². The van der Waals surface area contributed by atoms with Gasteiger partial charge in [0, 0.05) is 9.89 Å². The highest BCUT2D eigenvalue weighted by molar-refractivity contribution is 9.10. The highest BCUT2D eigenvalue weighted by Gasteiger charge is 2.72. The van der Waals surface area contributed by atoms with Crippen LogP contribution in [0.1, 0.15) is 57.9 Å². The van der Waals surface area contributed by atoms with Crippen LogP contribution in [0.5, 0.6) is 11.5 Å². The summed E-state index contributed by atoms with van der Waals surface area (Å²) in [5.41, 5.74) is 2.21. The summed E-state index contributed by atoms with van der Waals surface area (Å²) < 4.78 is 11.9. The molecule has 1 aromatic carbocycles. The highest BCUT2D eigenvalue weighted by atomic mass is 79.9. The number of benzene rings is 1. The van der Waals surface area contributed by atoms with Gasteiger partial charge in [-0.3, -0.25) is 4.79 Å². The number of Topliss-reactive ketones (excluding diaryl/α,β-unsaturated/α-hetero) is 1. The third-order valence-corrected chi connectivity index (χ3v) is 8.37. The number of hydrogen-bond acceptors (Lipinski definition) is 3. The van der Waals surface area contributed by atoms with Crippen LogP contribution >= 0.6 is 15.9 Å². The molecule has 0 unspecified atom stereocenters. The molecule has 2 saturated carbocycles. The second-order valence-electron chi connectivity index (χ2n) is 8.91. The van der Waals surface area contributed by atoms with Crippen LogP contribution < -0.4 is 9.47 Å². The maximum absolute atomic E-state index is 13.6. The largest absolute Gasteiger partial charge is 0.493 e. The zero-order valence-electron chi connectivity index (χ0n) is 16.2. The van der Waals surface area contributed by atoms with E-state index in [0.29, 0.717) is 17.3 Å². The van der Waals surface area contributed by atoms with Crippen molar-refractivity contribution in [2.24, 2.45) is 16.2 Å². The number of carbonyl (C=O) groups excluding carboxylic acids is 1. The lowest BCUT2D eigenvalue weighted by Crippen LogP contribution is -2.54. The van der Waals surface area contributed by atoms with E-state index in [1.807, 2.05) is 12.1 Å². The Morgan fingerprint density at radius 2 is 1.73 bits per heavy atom. The monoisotopic (exact) mass is 418 g/mol. The van der Waals surface area contributed by atoms with Crippen LogP contribution in [0.15, 0.2) is 28.3 Å². The summed E-state index contributed by atoms with van der Waals surface area (Å²) in [4.78, 5) is 13.6. The Hall–Kier alpha value is -1.29. The minimum Gasteiger partial charge on any atom is -0.493 e. The van der Waals surface area contributed by atoms with Gasteiger partial charge in [-0.15, -0.1) is 0 Å². The summed E-state index contributed by atoms with van der Waals surface area (Å²) in [6, 6.07) is 3.93. The molecule has 1 aromatic rings. The predicted octanol–water partition coefficient (Wildman–Crippen LogP) is 5.67. The molecule has 3 aliphatic carbocycles. The SMILES string of the molecule is COc1cc(Br)c([C@H]2C(=O)C3=CC[C@@]34C(C)(C)CCC[C@@]24C)cc1OC. The van der Waals surface area contributed by atoms with Crippen LogP contribution in [0.25, 0.3) is 0 Å². The molecule has 3 aliphatic rings. The van der Waals surface area contributed by atoms with E-state index in [-0.39, 0.29) is 22.2 Å². The highest BCUT2D eigenvalue weighted by Crippen LogP contribution is 2.77. The third kappa shape index (κ3) is 1.92. The number of halogens is 1. The van der Waals surface area contributed by atoms with Gasteiger partial charge in [0.2, 0.25) is 0 Å². The first-order chi connectivity index (χ1) is 12.2. The number of carbonyl (C=O) groups is 1. The molecule has 26 heavy (non-hydrogen) atoms. The Balaban J connectivity index is 1.92. The second-order valence-corrected chi connectivity index (χ2v) is 9.76. The molecular formula is C22H27BrO3. The summed E-state index contributed by atoms with van der Waals surface area (Å²) >= 11 is 3.71. The van der Waals surface area contributed by atoms with Crippen molar-refractivity contribution >= 4 is 21.7 Å². The lowest BCUT2D eigenvalue weighted by molar-refractivity contribution is -0.117. The standard InChI is InChI=1S/C22H27BrO3/c1-20(2)8-6-9-21(3)18(19(24)14-7-10-22(14,20)21)13-11-16(25-4)17(26-5)12-15(13)23/h7,11-12,18H,6,8-10H2,1-5H3/t18-,21-,22-/m0/s1. The number of ketones is 1. The first-order valence-electron chi connectivity index (χ1n) is 9.40. The van der Waals surface area contributed by atoms with Crippen LogP contribution in [-0.4, -0.2) is 20.0 Å². The molecule has 0 radical (unpaired) electrons. The Morgan fingerprint density at radius 3 is 2.31 bits per heavy atom. The number of hydrogen-bond donors (Lipinski definition) is 0. The molecule has 0 saturated heterocycles. The lowest BCUT2D eigenvalue weighted by atomic mass is 9.41. The van der Waals surface area contributed by atoms with Crippen molar-refractivity contribution in [1.29, 1.82) is 0 Å². The normalized spacial score (nSPS) is 34.5. The lowest BCUT2D eigenvalue weighted by Gasteiger charge is -2.61. The van der Waals surface area contributed by atoms with Gasteiger partial charge >= 0.3 is 0 Å². The minimum atomic E-state index is -0.134. The Kier molecular flexibility index (Phi) is 3.90. The predicted molar refractivity (Wildman–Crippen MR) is 106 cm³/mol. The quantitative estimate of drug-likeness (QED) is 0.634. The average Bonchev–Trinajstić information content (AvgIpc) is 2.67. The molecule has 3 atom stereocenters. The Morgan fingerprint density at radius 1 is 1.08 bits per heavy atom. The van der Waals surface area contributed by atoms with Crippen molar-refractivity contribution in [3.63, 3.8) is 0 Å². The van der Waals surface area contributed by atoms with E-state index in [0.717, 1.165) is 28.5 Å². The minimum absolute atomic E-state index is 0.00655. The fourth-order valence-corrected chi connectivity index (χ4v) is 6.96. The molecule has 0 bridgehead atoms. The van der Waals surface area contributed by atoms with Crippen LogP contribution in [-0.2, 0) is 4.79 Å². The van der Waals surface area contributed by atoms with Gasteiger partial charge in [0.25, 0.3) is 0 Å². The smallest absolute Gasteiger partial charge is 0.167 e. The van der Waals surface area contributed by atoms with E-state index in [4.69, 9.17) is 9.47 Å². The van der Waals surface area contributed by atoms with E-state index >= 15 is 0 Å². The van der Waals surface area contributed by atoms with Crippen molar-refractivity contribution in [1.82, 2.24) is 0 Å². The maximum atomic E-state index is 13.6. The fraction of sp³-hybridized carbons (Fsp3) is 0.591. The van der Waals surface area contributed by atoms with E-state index in [1.54, 1.807) is 14.2 Å². The molecule has 0 amide bonds. The van der Waals surface area contributed by atoms with Crippen molar-refractivity contribution in [2.45, 2.75) is 52.4 Å². The van der Waals surface area contributed by atoms with Gasteiger partial charge in [0.15, 0.2) is 17.3 Å². The molecule has 0 aromatic heterocycles. The Bertz CT molecular complexity index is 825. The number of rotatable bonds is 3. The van der Waals surface area contributed by atoms with Gasteiger partial charge in [-0.2, -0.15) is 0 Å². The fourth-order valence-electron chi connectivity index (χ4n) is 6.41. The summed E-state index contributed by atoms with van der Waals surface area (Å²) in [5.74, 6) is 1.53. The van der Waals surface area contributed by atoms with Gasteiger partial charge in [-0.05, 0) is 53.4 Å². The molecule has 1 spiro atoms. The van der Waals surface area contributed by atoms with Crippen molar-refractivity contribution in [3.05, 3.63) is 33.8 Å². The molecule has 2 fully saturated rings. The van der Waals surface area contributed by atoms with E-state index in [1.165, 1.54) is 12.8 Å². The number of allylic oxidation sites excluding steroid dienone is 2. The summed E-state index contributed by atoms with van der Waals surface area (Å²) in [5, 5.41) is 0. The molecule has 0 heterocycles. The van der Waals surface area contributed by atoms with Gasteiger partial charge in [0.1, 0.15) is 0 Å². The van der Waals surface area contributed by atoms with Crippen molar-refractivity contribution < 1.29 is 14.3 Å². The average molecular weight is 419 g/mol. The van der Waals surface area contributed by atoms with Crippen molar-refractivity contribution in [3.8, 4) is 11.5 Å². The summed E-state index contributed by atoms with van der Waals surface area (Å²) in [7, 11) is 3.28. The molecule has 140 valence electrons. The first-order valence-corrected chi connectivity index (χ1v) is 10.2. The van der Waals surface area contributed by atoms with Gasteiger partial charge in [-0.1, -0.05) is 49.2 Å². The summed E-state index contributed by atoms with van der Waals surface area (Å²) in [6.45, 7) is 7.06. The zero-order valence-corrected chi connectivity index (χ0v) is 17.8. The molecule has 4 heteroatoms.